The Morgan fingerprint density at radius 2 is 1.76 bits per heavy atom. The number of ketones is 1. The van der Waals surface area contributed by atoms with E-state index < -0.39 is 40.3 Å². The molecule has 3 aliphatic rings. The lowest BCUT2D eigenvalue weighted by Gasteiger charge is -2.43. The molecule has 0 saturated carbocycles. The summed E-state index contributed by atoms with van der Waals surface area (Å²) in [4.78, 5) is 55.6. The number of carbonyl (C=O) groups excluding carboxylic acids is 2. The summed E-state index contributed by atoms with van der Waals surface area (Å²) in [6.45, 7) is 21.4. The van der Waals surface area contributed by atoms with Crippen LogP contribution in [0.1, 0.15) is 63.4 Å². The number of allylic oxidation sites excluding steroid dienone is 6. The molecule has 2 aliphatic heterocycles. The topological polar surface area (TPSA) is 116 Å². The zero-order chi connectivity index (χ0) is 33.6. The summed E-state index contributed by atoms with van der Waals surface area (Å²) in [6.07, 6.45) is 6.71. The first kappa shape index (κ1) is 32.2. The molecule has 0 aromatic carbocycles. The van der Waals surface area contributed by atoms with E-state index in [0.29, 0.717) is 16.5 Å². The number of anilines is 2. The fraction of sp³-hybridized carbons (Fsp3) is 0.333. The van der Waals surface area contributed by atoms with Gasteiger partial charge in [0.15, 0.2) is 17.4 Å². The van der Waals surface area contributed by atoms with Crippen molar-refractivity contribution in [3.63, 3.8) is 0 Å². The third-order valence-electron chi connectivity index (χ3n) is 8.17. The monoisotopic (exact) mass is 629 g/mol. The standard InChI is InChI=1S/C33H33F2N7O4/c1-8-24(44)39-12-13-40(19(6)15-39)29-20-14-22(35)30(25-21(34)10-9-11-23(25)43)42(46)32(20)41(33(45)28(29)36-7)31-26(17(2)3)37-16-38-27(31)18(4)5/h8-11,14,16-19,46H,1,12-13,15H2,2-6H3/b30-25-/t19-/m0/s1. The van der Waals surface area contributed by atoms with Crippen molar-refractivity contribution in [2.45, 2.75) is 52.5 Å². The summed E-state index contributed by atoms with van der Waals surface area (Å²) in [5, 5.41) is 12.2. The second kappa shape index (κ2) is 12.3. The average molecular weight is 630 g/mol. The van der Waals surface area contributed by atoms with Gasteiger partial charge < -0.3 is 9.80 Å². The fourth-order valence-corrected chi connectivity index (χ4v) is 6.06. The first-order valence-corrected chi connectivity index (χ1v) is 14.8. The number of fused-ring (bicyclic) bond motifs is 1. The zero-order valence-electron chi connectivity index (χ0n) is 26.1. The highest BCUT2D eigenvalue weighted by molar-refractivity contribution is 6.10. The molecule has 0 radical (unpaired) electrons. The van der Waals surface area contributed by atoms with Gasteiger partial charge in [0.2, 0.25) is 5.91 Å². The number of halogens is 2. The van der Waals surface area contributed by atoms with Crippen LogP contribution in [-0.2, 0) is 9.59 Å². The van der Waals surface area contributed by atoms with E-state index in [9.17, 15) is 19.6 Å². The molecule has 1 atom stereocenters. The van der Waals surface area contributed by atoms with Crippen LogP contribution in [0.3, 0.4) is 0 Å². The number of aromatic nitrogens is 3. The number of hydrogen-bond donors (Lipinski definition) is 1. The minimum absolute atomic E-state index is 0.0302. The summed E-state index contributed by atoms with van der Waals surface area (Å²) in [5.41, 5.74) is -1.76. The quantitative estimate of drug-likeness (QED) is 0.345. The summed E-state index contributed by atoms with van der Waals surface area (Å²) >= 11 is 0. The third kappa shape index (κ3) is 5.14. The molecule has 1 fully saturated rings. The highest BCUT2D eigenvalue weighted by Gasteiger charge is 2.40. The summed E-state index contributed by atoms with van der Waals surface area (Å²) < 4.78 is 32.4. The maximum atomic E-state index is 16.2. The normalized spacial score (nSPS) is 19.7. The van der Waals surface area contributed by atoms with E-state index in [4.69, 9.17) is 6.57 Å². The van der Waals surface area contributed by atoms with Crippen LogP contribution in [0.15, 0.2) is 64.9 Å². The van der Waals surface area contributed by atoms with Crippen molar-refractivity contribution in [3.05, 3.63) is 98.9 Å². The third-order valence-corrected chi connectivity index (χ3v) is 8.17. The highest BCUT2D eigenvalue weighted by atomic mass is 19.1. The maximum Gasteiger partial charge on any atom is 0.274 e. The molecule has 5 rings (SSSR count). The van der Waals surface area contributed by atoms with Gasteiger partial charge in [-0.1, -0.05) is 40.3 Å². The van der Waals surface area contributed by atoms with Gasteiger partial charge in [-0.2, -0.15) is 0 Å². The molecule has 1 N–H and O–H groups in total. The van der Waals surface area contributed by atoms with Crippen molar-refractivity contribution in [1.82, 2.24) is 19.4 Å². The van der Waals surface area contributed by atoms with Gasteiger partial charge in [0.1, 0.15) is 17.9 Å². The second-order valence-electron chi connectivity index (χ2n) is 11.8. The van der Waals surface area contributed by atoms with Crippen molar-refractivity contribution >= 4 is 35.0 Å². The Bertz CT molecular complexity index is 1870. The van der Waals surface area contributed by atoms with Crippen LogP contribution >= 0.6 is 0 Å². The molecule has 1 amide bonds. The lowest BCUT2D eigenvalue weighted by molar-refractivity contribution is -0.126. The number of pyridine rings is 1. The van der Waals surface area contributed by atoms with Crippen molar-refractivity contribution in [1.29, 1.82) is 0 Å². The molecule has 1 saturated heterocycles. The van der Waals surface area contributed by atoms with Gasteiger partial charge in [0.05, 0.1) is 34.9 Å². The number of nitrogens with zero attached hydrogens (tertiary/aromatic N) is 7. The number of hydroxylamine groups is 1. The molecular formula is C33H33F2N7O4. The Labute approximate surface area is 264 Å². The predicted molar refractivity (Wildman–Crippen MR) is 169 cm³/mol. The molecule has 0 unspecified atom stereocenters. The number of amides is 1. The van der Waals surface area contributed by atoms with Gasteiger partial charge in [0.25, 0.3) is 11.2 Å². The van der Waals surface area contributed by atoms with E-state index in [1.165, 1.54) is 18.5 Å². The molecule has 0 spiro atoms. The SMILES string of the molecule is [C-]#[N+]c1c(N2CCN(C(=O)C=C)C[C@@H]2C)c2c(n(-c3c(C(C)C)ncnc3C(C)C)c1=O)N(O)/C(=C1\C(=O)C=CC=C1F)C(F)=C2. The number of hydrogen-bond acceptors (Lipinski definition) is 8. The highest BCUT2D eigenvalue weighted by Crippen LogP contribution is 2.47. The van der Waals surface area contributed by atoms with Crippen LogP contribution in [0, 0.1) is 6.57 Å². The molecule has 238 valence electrons. The molecule has 2 aromatic rings. The van der Waals surface area contributed by atoms with Crippen molar-refractivity contribution < 1.29 is 23.6 Å². The van der Waals surface area contributed by atoms with Gasteiger partial charge >= 0.3 is 0 Å². The van der Waals surface area contributed by atoms with Gasteiger partial charge in [0, 0.05) is 31.2 Å². The first-order valence-electron chi connectivity index (χ1n) is 14.8. The average Bonchev–Trinajstić information content (AvgIpc) is 3.01. The van der Waals surface area contributed by atoms with Crippen LogP contribution in [0.4, 0.5) is 26.0 Å². The number of piperazine rings is 1. The molecule has 4 heterocycles. The van der Waals surface area contributed by atoms with E-state index in [1.54, 1.807) is 16.7 Å². The zero-order valence-corrected chi connectivity index (χ0v) is 26.1. The fourth-order valence-electron chi connectivity index (χ4n) is 6.06. The Balaban J connectivity index is 1.93. The van der Waals surface area contributed by atoms with Crippen molar-refractivity contribution in [2.75, 3.05) is 29.6 Å². The number of rotatable bonds is 5. The van der Waals surface area contributed by atoms with Gasteiger partial charge in [-0.05, 0) is 43.1 Å². The lowest BCUT2D eigenvalue weighted by atomic mass is 9.96. The largest absolute Gasteiger partial charge is 0.373 e. The first-order chi connectivity index (χ1) is 21.8. The molecular weight excluding hydrogens is 596 g/mol. The van der Waals surface area contributed by atoms with Crippen LogP contribution < -0.4 is 15.5 Å². The summed E-state index contributed by atoms with van der Waals surface area (Å²) in [5.74, 6) is -4.27. The molecule has 1 aliphatic carbocycles. The van der Waals surface area contributed by atoms with Crippen LogP contribution in [0.5, 0.6) is 0 Å². The van der Waals surface area contributed by atoms with E-state index in [-0.39, 0.29) is 65.8 Å². The van der Waals surface area contributed by atoms with E-state index in [1.807, 2.05) is 27.7 Å². The Hall–Kier alpha value is -5.22. The molecule has 11 nitrogen and oxygen atoms in total. The molecule has 2 aromatic heterocycles. The number of carbonyl (C=O) groups is 2. The van der Waals surface area contributed by atoms with Crippen LogP contribution in [-0.4, -0.2) is 62.0 Å². The van der Waals surface area contributed by atoms with Gasteiger partial charge in [-0.3, -0.25) is 24.2 Å². The molecule has 13 heteroatoms. The lowest BCUT2D eigenvalue weighted by Crippen LogP contribution is -2.54. The van der Waals surface area contributed by atoms with E-state index in [0.717, 1.165) is 22.8 Å². The summed E-state index contributed by atoms with van der Waals surface area (Å²) in [6, 6.07) is -0.455. The second-order valence-corrected chi connectivity index (χ2v) is 11.8. The smallest absolute Gasteiger partial charge is 0.274 e. The molecule has 46 heavy (non-hydrogen) atoms. The van der Waals surface area contributed by atoms with Crippen LogP contribution in [0.25, 0.3) is 16.6 Å². The Kier molecular flexibility index (Phi) is 8.60. The molecule has 0 bridgehead atoms. The predicted octanol–water partition coefficient (Wildman–Crippen LogP) is 5.41. The Morgan fingerprint density at radius 1 is 1.11 bits per heavy atom. The van der Waals surface area contributed by atoms with Crippen molar-refractivity contribution in [3.8, 4) is 5.69 Å². The Morgan fingerprint density at radius 3 is 2.30 bits per heavy atom. The van der Waals surface area contributed by atoms with Gasteiger partial charge in [-0.25, -0.2) is 28.7 Å². The van der Waals surface area contributed by atoms with Crippen LogP contribution in [0.2, 0.25) is 0 Å². The van der Waals surface area contributed by atoms with E-state index in [2.05, 4.69) is 21.4 Å². The minimum atomic E-state index is -1.16. The van der Waals surface area contributed by atoms with E-state index >= 15 is 8.78 Å². The van der Waals surface area contributed by atoms with Crippen molar-refractivity contribution in [2.24, 2.45) is 0 Å². The summed E-state index contributed by atoms with van der Waals surface area (Å²) in [7, 11) is 0. The minimum Gasteiger partial charge on any atom is -0.373 e. The maximum absolute atomic E-state index is 16.2. The van der Waals surface area contributed by atoms with Gasteiger partial charge in [-0.15, -0.1) is 0 Å².